The Morgan fingerprint density at radius 1 is 0.875 bits per heavy atom. The van der Waals surface area contributed by atoms with Crippen LogP contribution in [0.25, 0.3) is 0 Å². The summed E-state index contributed by atoms with van der Waals surface area (Å²) in [6, 6.07) is 11.0. The highest BCUT2D eigenvalue weighted by molar-refractivity contribution is 6.74. The molecule has 0 N–H and O–H groups in total. The van der Waals surface area contributed by atoms with Gasteiger partial charge in [-0.1, -0.05) is 75.4 Å². The molecule has 2 aliphatic carbocycles. The van der Waals surface area contributed by atoms with Crippen LogP contribution in [0.15, 0.2) is 54.6 Å². The van der Waals surface area contributed by atoms with Crippen LogP contribution >= 0.6 is 0 Å². The first-order chi connectivity index (χ1) is 18.9. The van der Waals surface area contributed by atoms with Gasteiger partial charge >= 0.3 is 0 Å². The van der Waals surface area contributed by atoms with Crippen LogP contribution in [0.2, 0.25) is 18.1 Å². The van der Waals surface area contributed by atoms with Crippen LogP contribution in [0.3, 0.4) is 0 Å². The predicted octanol–water partition coefficient (Wildman–Crippen LogP) is 8.31. The summed E-state index contributed by atoms with van der Waals surface area (Å²) in [4.78, 5) is 0. The average Bonchev–Trinajstić information content (AvgIpc) is 3.28. The molecule has 0 saturated carbocycles. The summed E-state index contributed by atoms with van der Waals surface area (Å²) in [6.45, 7) is 18.7. The molecular formula is C36H52O3Si. The molecule has 1 unspecified atom stereocenters. The molecule has 2 atom stereocenters. The topological polar surface area (TPSA) is 27.7 Å². The van der Waals surface area contributed by atoms with E-state index in [1.165, 1.54) is 38.9 Å². The highest BCUT2D eigenvalue weighted by Crippen LogP contribution is 2.47. The molecule has 0 amide bonds. The zero-order chi connectivity index (χ0) is 29.1. The van der Waals surface area contributed by atoms with Crippen molar-refractivity contribution in [3.05, 3.63) is 93.6 Å². The molecular weight excluding hydrogens is 508 g/mol. The number of allylic oxidation sites excluding steroid dienone is 4. The summed E-state index contributed by atoms with van der Waals surface area (Å²) in [5, 5.41) is 0.205. The molecule has 3 nitrogen and oxygen atoms in total. The van der Waals surface area contributed by atoms with E-state index in [1.807, 2.05) is 14.2 Å². The van der Waals surface area contributed by atoms with Gasteiger partial charge in [0.25, 0.3) is 0 Å². The van der Waals surface area contributed by atoms with Crippen molar-refractivity contribution in [1.29, 1.82) is 0 Å². The Hall–Kier alpha value is -1.98. The highest BCUT2D eigenvalue weighted by atomic mass is 28.4. The number of hydrogen-bond donors (Lipinski definition) is 0. The lowest BCUT2D eigenvalue weighted by Crippen LogP contribution is -2.41. The van der Waals surface area contributed by atoms with E-state index in [9.17, 15) is 0 Å². The van der Waals surface area contributed by atoms with E-state index >= 15 is 0 Å². The second-order valence-corrected chi connectivity index (χ2v) is 18.6. The molecule has 0 aromatic heterocycles. The minimum Gasteiger partial charge on any atom is -0.416 e. The molecule has 0 aliphatic heterocycles. The first kappa shape index (κ1) is 31.0. The smallest absolute Gasteiger partial charge is 0.191 e. The summed E-state index contributed by atoms with van der Waals surface area (Å²) < 4.78 is 18.3. The normalized spacial score (nSPS) is 20.2. The third-order valence-corrected chi connectivity index (χ3v) is 14.5. The Morgan fingerprint density at radius 2 is 1.48 bits per heavy atom. The van der Waals surface area contributed by atoms with E-state index in [2.05, 4.69) is 102 Å². The fraction of sp³-hybridized carbons (Fsp3) is 0.556. The van der Waals surface area contributed by atoms with Crippen molar-refractivity contribution in [2.45, 2.75) is 84.4 Å². The van der Waals surface area contributed by atoms with Crippen molar-refractivity contribution in [3.63, 3.8) is 0 Å². The van der Waals surface area contributed by atoms with Crippen molar-refractivity contribution < 1.29 is 13.9 Å². The highest BCUT2D eigenvalue weighted by Gasteiger charge is 2.42. The average molecular weight is 561 g/mol. The Morgan fingerprint density at radius 3 is 2.08 bits per heavy atom. The molecule has 0 heterocycles. The van der Waals surface area contributed by atoms with Gasteiger partial charge in [-0.2, -0.15) is 0 Å². The second-order valence-electron chi connectivity index (χ2n) is 13.8. The minimum atomic E-state index is -1.83. The Balaban J connectivity index is 1.78. The van der Waals surface area contributed by atoms with Crippen LogP contribution in [0, 0.1) is 25.2 Å². The molecule has 4 rings (SSSR count). The van der Waals surface area contributed by atoms with Gasteiger partial charge in [-0.25, -0.2) is 0 Å². The van der Waals surface area contributed by atoms with Crippen LogP contribution in [0.4, 0.5) is 0 Å². The number of rotatable bonds is 11. The van der Waals surface area contributed by atoms with Gasteiger partial charge in [0.1, 0.15) is 0 Å². The van der Waals surface area contributed by atoms with Crippen LogP contribution in [0.5, 0.6) is 0 Å². The van der Waals surface area contributed by atoms with E-state index in [-0.39, 0.29) is 10.5 Å². The lowest BCUT2D eigenvalue weighted by Gasteiger charge is -2.36. The zero-order valence-electron chi connectivity index (χ0n) is 26.5. The molecule has 0 saturated heterocycles. The summed E-state index contributed by atoms with van der Waals surface area (Å²) >= 11 is 0. The van der Waals surface area contributed by atoms with E-state index in [0.717, 1.165) is 45.5 Å². The van der Waals surface area contributed by atoms with Gasteiger partial charge in [0, 0.05) is 32.2 Å². The minimum absolute atomic E-state index is 0.000628. The number of fused-ring (bicyclic) bond motifs is 1. The van der Waals surface area contributed by atoms with Crippen molar-refractivity contribution >= 4 is 8.32 Å². The molecule has 0 bridgehead atoms. The molecule has 0 fully saturated rings. The largest absolute Gasteiger partial charge is 0.416 e. The third kappa shape index (κ3) is 6.41. The maximum atomic E-state index is 6.76. The van der Waals surface area contributed by atoms with Gasteiger partial charge in [-0.15, -0.1) is 0 Å². The van der Waals surface area contributed by atoms with Crippen LogP contribution in [-0.4, -0.2) is 42.4 Å². The second kappa shape index (κ2) is 12.5. The maximum Gasteiger partial charge on any atom is 0.191 e. The third-order valence-electron chi connectivity index (χ3n) is 9.97. The molecule has 0 radical (unpaired) electrons. The van der Waals surface area contributed by atoms with Crippen molar-refractivity contribution in [1.82, 2.24) is 0 Å². The standard InChI is InChI=1S/C36H52O3Si/c1-26-30(19-20-39-40(8,9)35(3,4)5)34(27(2)33-23-36(24-37-6,25-38-7)22-32(26)33)31-18-14-13-17-29(31)21-28-15-11-10-12-16-28/h10-18,29,31H,19-25H2,1-9H3/t29?,31-/m1/s1. The number of benzene rings is 2. The summed E-state index contributed by atoms with van der Waals surface area (Å²) in [7, 11) is 1.81. The fourth-order valence-corrected chi connectivity index (χ4v) is 7.86. The van der Waals surface area contributed by atoms with E-state index < -0.39 is 8.32 Å². The summed E-state index contributed by atoms with van der Waals surface area (Å²) in [5.74, 6) is 0.768. The molecule has 4 heteroatoms. The Kier molecular flexibility index (Phi) is 9.66. The van der Waals surface area contributed by atoms with Crippen molar-refractivity contribution in [2.24, 2.45) is 11.3 Å². The van der Waals surface area contributed by atoms with Gasteiger partial charge in [0.2, 0.25) is 0 Å². The first-order valence-electron chi connectivity index (χ1n) is 15.1. The van der Waals surface area contributed by atoms with Crippen LogP contribution < -0.4 is 0 Å². The van der Waals surface area contributed by atoms with Crippen LogP contribution in [0.1, 0.15) is 65.6 Å². The lowest BCUT2D eigenvalue weighted by atomic mass is 9.73. The molecule has 2 aliphatic rings. The monoisotopic (exact) mass is 560 g/mol. The van der Waals surface area contributed by atoms with E-state index in [1.54, 1.807) is 0 Å². The predicted molar refractivity (Wildman–Crippen MR) is 171 cm³/mol. The van der Waals surface area contributed by atoms with E-state index in [0.29, 0.717) is 11.8 Å². The summed E-state index contributed by atoms with van der Waals surface area (Å²) in [6.07, 6.45) is 13.4. The van der Waals surface area contributed by atoms with Crippen LogP contribution in [-0.2, 0) is 39.6 Å². The number of hydrogen-bond acceptors (Lipinski definition) is 3. The Bertz CT molecular complexity index is 1210. The molecule has 218 valence electrons. The SMILES string of the molecule is COCC1(COC)Cc2c(C)c(CCO[Si](C)(C)C(C)(C)C)c([C@@H]3C=CC=CC3Cc3ccccc3)c(C)c2C1. The summed E-state index contributed by atoms with van der Waals surface area (Å²) in [5.41, 5.74) is 10.4. The van der Waals surface area contributed by atoms with Gasteiger partial charge < -0.3 is 13.9 Å². The van der Waals surface area contributed by atoms with Gasteiger partial charge in [-0.3, -0.25) is 0 Å². The van der Waals surface area contributed by atoms with Gasteiger partial charge in [0.05, 0.1) is 13.2 Å². The Labute approximate surface area is 245 Å². The number of ether oxygens (including phenoxy) is 2. The van der Waals surface area contributed by atoms with E-state index in [4.69, 9.17) is 13.9 Å². The molecule has 40 heavy (non-hydrogen) atoms. The maximum absolute atomic E-state index is 6.76. The molecule has 2 aromatic carbocycles. The first-order valence-corrected chi connectivity index (χ1v) is 18.0. The van der Waals surface area contributed by atoms with Crippen molar-refractivity contribution in [3.8, 4) is 0 Å². The van der Waals surface area contributed by atoms with Gasteiger partial charge in [-0.05, 0) is 103 Å². The van der Waals surface area contributed by atoms with Gasteiger partial charge in [0.15, 0.2) is 8.32 Å². The lowest BCUT2D eigenvalue weighted by molar-refractivity contribution is 0.0167. The molecule has 2 aromatic rings. The van der Waals surface area contributed by atoms with Crippen molar-refractivity contribution in [2.75, 3.05) is 34.0 Å². The molecule has 0 spiro atoms. The zero-order valence-corrected chi connectivity index (χ0v) is 27.5. The number of methoxy groups -OCH3 is 2. The quantitative estimate of drug-likeness (QED) is 0.259. The fourth-order valence-electron chi connectivity index (χ4n) is 6.82.